The van der Waals surface area contributed by atoms with Crippen LogP contribution in [0.15, 0.2) is 24.3 Å². The minimum absolute atomic E-state index is 0.123. The standard InChI is InChI=1S/C15H23N3O2/c1-5-15(3,4)18-14(20)11-6-8-12(9-7-11)17-13(19)10(2)16/h6-10H,5,16H2,1-4H3,(H,17,19)(H,18,20)/t10-/m0/s1. The van der Waals surface area contributed by atoms with Crippen molar-refractivity contribution >= 4 is 17.5 Å². The van der Waals surface area contributed by atoms with Gasteiger partial charge in [0, 0.05) is 16.8 Å². The second-order valence-electron chi connectivity index (χ2n) is 5.55. The van der Waals surface area contributed by atoms with Crippen molar-refractivity contribution in [2.45, 2.75) is 45.7 Å². The Labute approximate surface area is 119 Å². The van der Waals surface area contributed by atoms with E-state index in [-0.39, 0.29) is 17.4 Å². The molecule has 1 aromatic rings. The van der Waals surface area contributed by atoms with E-state index in [1.165, 1.54) is 0 Å². The molecule has 20 heavy (non-hydrogen) atoms. The first kappa shape index (κ1) is 16.2. The predicted molar refractivity (Wildman–Crippen MR) is 80.6 cm³/mol. The fraction of sp³-hybridized carbons (Fsp3) is 0.467. The molecular weight excluding hydrogens is 254 g/mol. The van der Waals surface area contributed by atoms with Crippen LogP contribution in [-0.2, 0) is 4.79 Å². The van der Waals surface area contributed by atoms with Gasteiger partial charge in [0.15, 0.2) is 0 Å². The lowest BCUT2D eigenvalue weighted by Gasteiger charge is -2.24. The van der Waals surface area contributed by atoms with Crippen LogP contribution in [0.4, 0.5) is 5.69 Å². The van der Waals surface area contributed by atoms with Crippen molar-refractivity contribution in [3.63, 3.8) is 0 Å². The van der Waals surface area contributed by atoms with Gasteiger partial charge in [-0.05, 0) is 51.5 Å². The first-order valence-corrected chi connectivity index (χ1v) is 6.74. The highest BCUT2D eigenvalue weighted by molar-refractivity contribution is 5.97. The topological polar surface area (TPSA) is 84.2 Å². The molecule has 0 saturated heterocycles. The smallest absolute Gasteiger partial charge is 0.251 e. The number of carbonyl (C=O) groups is 2. The average Bonchev–Trinajstić information content (AvgIpc) is 2.38. The summed E-state index contributed by atoms with van der Waals surface area (Å²) < 4.78 is 0. The maximum Gasteiger partial charge on any atom is 0.251 e. The predicted octanol–water partition coefficient (Wildman–Crippen LogP) is 1.89. The molecule has 0 radical (unpaired) electrons. The van der Waals surface area contributed by atoms with E-state index >= 15 is 0 Å². The average molecular weight is 277 g/mol. The van der Waals surface area contributed by atoms with E-state index < -0.39 is 6.04 Å². The summed E-state index contributed by atoms with van der Waals surface area (Å²) in [5.74, 6) is -0.378. The van der Waals surface area contributed by atoms with Gasteiger partial charge in [0.05, 0.1) is 6.04 Å². The summed E-state index contributed by atoms with van der Waals surface area (Å²) >= 11 is 0. The van der Waals surface area contributed by atoms with Crippen molar-refractivity contribution in [2.24, 2.45) is 5.73 Å². The molecule has 1 atom stereocenters. The van der Waals surface area contributed by atoms with Crippen LogP contribution in [0.3, 0.4) is 0 Å². The molecule has 0 spiro atoms. The van der Waals surface area contributed by atoms with Gasteiger partial charge in [-0.3, -0.25) is 9.59 Å². The minimum atomic E-state index is -0.566. The summed E-state index contributed by atoms with van der Waals surface area (Å²) in [6.45, 7) is 7.58. The normalized spacial score (nSPS) is 12.7. The summed E-state index contributed by atoms with van der Waals surface area (Å²) in [5, 5.41) is 5.63. The van der Waals surface area contributed by atoms with Crippen molar-refractivity contribution in [1.82, 2.24) is 5.32 Å². The molecule has 5 heteroatoms. The van der Waals surface area contributed by atoms with E-state index in [1.807, 2.05) is 20.8 Å². The highest BCUT2D eigenvalue weighted by Gasteiger charge is 2.18. The number of nitrogens with one attached hydrogen (secondary N) is 2. The zero-order valence-electron chi connectivity index (χ0n) is 12.5. The van der Waals surface area contributed by atoms with E-state index in [9.17, 15) is 9.59 Å². The third-order valence-electron chi connectivity index (χ3n) is 3.16. The molecule has 110 valence electrons. The van der Waals surface area contributed by atoms with E-state index in [4.69, 9.17) is 5.73 Å². The number of anilines is 1. The fourth-order valence-corrected chi connectivity index (χ4v) is 1.43. The van der Waals surface area contributed by atoms with Gasteiger partial charge in [0.1, 0.15) is 0 Å². The number of hydrogen-bond acceptors (Lipinski definition) is 3. The third-order valence-corrected chi connectivity index (χ3v) is 3.16. The van der Waals surface area contributed by atoms with E-state index in [1.54, 1.807) is 31.2 Å². The molecule has 5 nitrogen and oxygen atoms in total. The van der Waals surface area contributed by atoms with Gasteiger partial charge in [-0.1, -0.05) is 6.92 Å². The Kier molecular flexibility index (Phi) is 5.27. The monoisotopic (exact) mass is 277 g/mol. The van der Waals surface area contributed by atoms with Crippen molar-refractivity contribution in [3.05, 3.63) is 29.8 Å². The summed E-state index contributed by atoms with van der Waals surface area (Å²) in [6.07, 6.45) is 0.848. The van der Waals surface area contributed by atoms with E-state index in [2.05, 4.69) is 10.6 Å². The van der Waals surface area contributed by atoms with Gasteiger partial charge < -0.3 is 16.4 Å². The number of amides is 2. The fourth-order valence-electron chi connectivity index (χ4n) is 1.43. The number of hydrogen-bond donors (Lipinski definition) is 3. The summed E-state index contributed by atoms with van der Waals surface area (Å²) in [4.78, 5) is 23.5. The Morgan fingerprint density at radius 1 is 1.25 bits per heavy atom. The lowest BCUT2D eigenvalue weighted by atomic mass is 10.0. The highest BCUT2D eigenvalue weighted by Crippen LogP contribution is 2.12. The van der Waals surface area contributed by atoms with Crippen LogP contribution < -0.4 is 16.4 Å². The summed E-state index contributed by atoms with van der Waals surface area (Å²) in [7, 11) is 0. The maximum absolute atomic E-state index is 12.0. The maximum atomic E-state index is 12.0. The molecule has 0 saturated carbocycles. The highest BCUT2D eigenvalue weighted by atomic mass is 16.2. The van der Waals surface area contributed by atoms with Crippen LogP contribution >= 0.6 is 0 Å². The molecule has 0 aliphatic carbocycles. The van der Waals surface area contributed by atoms with Crippen molar-refractivity contribution < 1.29 is 9.59 Å². The molecule has 0 fully saturated rings. The summed E-state index contributed by atoms with van der Waals surface area (Å²) in [5.41, 5.74) is 6.42. The zero-order valence-corrected chi connectivity index (χ0v) is 12.5. The van der Waals surface area contributed by atoms with Gasteiger partial charge in [0.25, 0.3) is 5.91 Å². The van der Waals surface area contributed by atoms with Gasteiger partial charge in [-0.25, -0.2) is 0 Å². The third kappa shape index (κ3) is 4.66. The number of carbonyl (C=O) groups excluding carboxylic acids is 2. The van der Waals surface area contributed by atoms with E-state index in [0.29, 0.717) is 11.3 Å². The molecule has 0 aromatic heterocycles. The molecule has 0 bridgehead atoms. The molecule has 0 heterocycles. The molecular formula is C15H23N3O2. The summed E-state index contributed by atoms with van der Waals surface area (Å²) in [6, 6.07) is 6.17. The minimum Gasteiger partial charge on any atom is -0.347 e. The number of benzene rings is 1. The Bertz CT molecular complexity index is 478. The van der Waals surface area contributed by atoms with Crippen molar-refractivity contribution in [3.8, 4) is 0 Å². The molecule has 4 N–H and O–H groups in total. The van der Waals surface area contributed by atoms with Gasteiger partial charge in [-0.15, -0.1) is 0 Å². The SMILES string of the molecule is CCC(C)(C)NC(=O)c1ccc(NC(=O)[C@H](C)N)cc1. The number of nitrogens with two attached hydrogens (primary N) is 1. The second kappa shape index (κ2) is 6.52. The van der Waals surface area contributed by atoms with Gasteiger partial charge in [0.2, 0.25) is 5.91 Å². The molecule has 0 aliphatic rings. The first-order valence-electron chi connectivity index (χ1n) is 6.74. The van der Waals surface area contributed by atoms with Crippen LogP contribution in [0, 0.1) is 0 Å². The Morgan fingerprint density at radius 3 is 2.25 bits per heavy atom. The number of rotatable bonds is 5. The Balaban J connectivity index is 2.71. The van der Waals surface area contributed by atoms with E-state index in [0.717, 1.165) is 6.42 Å². The van der Waals surface area contributed by atoms with Gasteiger partial charge >= 0.3 is 0 Å². The van der Waals surface area contributed by atoms with Gasteiger partial charge in [-0.2, -0.15) is 0 Å². The molecule has 1 aromatic carbocycles. The lowest BCUT2D eigenvalue weighted by Crippen LogP contribution is -2.42. The van der Waals surface area contributed by atoms with Crippen LogP contribution in [0.25, 0.3) is 0 Å². The second-order valence-corrected chi connectivity index (χ2v) is 5.55. The van der Waals surface area contributed by atoms with Crippen LogP contribution in [0.2, 0.25) is 0 Å². The molecule has 0 aliphatic heterocycles. The molecule has 0 unspecified atom stereocenters. The van der Waals surface area contributed by atoms with Crippen molar-refractivity contribution in [1.29, 1.82) is 0 Å². The first-order chi connectivity index (χ1) is 9.25. The Morgan fingerprint density at radius 2 is 1.80 bits per heavy atom. The molecule has 2 amide bonds. The Hall–Kier alpha value is -1.88. The zero-order chi connectivity index (χ0) is 15.3. The quantitative estimate of drug-likeness (QED) is 0.768. The largest absolute Gasteiger partial charge is 0.347 e. The molecule has 1 rings (SSSR count). The lowest BCUT2D eigenvalue weighted by molar-refractivity contribution is -0.117. The van der Waals surface area contributed by atoms with Crippen LogP contribution in [-0.4, -0.2) is 23.4 Å². The van der Waals surface area contributed by atoms with Crippen LogP contribution in [0.5, 0.6) is 0 Å². The van der Waals surface area contributed by atoms with Crippen molar-refractivity contribution in [2.75, 3.05) is 5.32 Å². The van der Waals surface area contributed by atoms with Crippen LogP contribution in [0.1, 0.15) is 44.5 Å².